The molecule has 1 heterocycles. The highest BCUT2D eigenvalue weighted by Gasteiger charge is 2.19. The summed E-state index contributed by atoms with van der Waals surface area (Å²) in [6.45, 7) is 2.39. The van der Waals surface area contributed by atoms with E-state index in [1.807, 2.05) is 34.9 Å². The average molecular weight is 438 g/mol. The van der Waals surface area contributed by atoms with Gasteiger partial charge in [-0.05, 0) is 42.8 Å². The van der Waals surface area contributed by atoms with Gasteiger partial charge in [0.1, 0.15) is 17.4 Å². The van der Waals surface area contributed by atoms with Gasteiger partial charge in [-0.2, -0.15) is 0 Å². The number of primary amides is 1. The number of carbonyl (C=O) groups is 2. The molecule has 0 bridgehead atoms. The van der Waals surface area contributed by atoms with E-state index in [0.29, 0.717) is 23.7 Å². The van der Waals surface area contributed by atoms with Crippen molar-refractivity contribution in [3.63, 3.8) is 0 Å². The van der Waals surface area contributed by atoms with Gasteiger partial charge in [0.05, 0.1) is 5.56 Å². The molecule has 3 aromatic carbocycles. The van der Waals surface area contributed by atoms with Crippen LogP contribution in [0.2, 0.25) is 0 Å². The molecule has 0 atom stereocenters. The summed E-state index contributed by atoms with van der Waals surface area (Å²) < 4.78 is 26.6. The fourth-order valence-corrected chi connectivity index (χ4v) is 3.41. The number of nitrogens with zero attached hydrogens (tertiary/aromatic N) is 1. The number of carboxylic acid groups (broad SMARTS) is 1. The van der Waals surface area contributed by atoms with Gasteiger partial charge in [0.15, 0.2) is 0 Å². The van der Waals surface area contributed by atoms with Crippen molar-refractivity contribution < 1.29 is 28.6 Å². The largest absolute Gasteiger partial charge is 0.508 e. The molecule has 0 aliphatic heterocycles. The van der Waals surface area contributed by atoms with Crippen molar-refractivity contribution in [2.24, 2.45) is 5.73 Å². The second-order valence-electron chi connectivity index (χ2n) is 7.06. The van der Waals surface area contributed by atoms with Crippen LogP contribution in [-0.2, 0) is 6.54 Å². The average Bonchev–Trinajstić information content (AvgIpc) is 2.99. The number of hydrogen-bond donors (Lipinski definition) is 3. The molecule has 4 rings (SSSR count). The number of aromatic nitrogens is 1. The van der Waals surface area contributed by atoms with Crippen LogP contribution in [0.15, 0.2) is 66.7 Å². The number of amides is 1. The van der Waals surface area contributed by atoms with E-state index in [1.165, 1.54) is 6.07 Å². The number of hydrogen-bond acceptors (Lipinski definition) is 3. The number of aromatic carboxylic acids is 1. The zero-order valence-electron chi connectivity index (χ0n) is 17.0. The molecule has 0 saturated heterocycles. The quantitative estimate of drug-likeness (QED) is 0.437. The summed E-state index contributed by atoms with van der Waals surface area (Å²) in [6, 6.07) is 17.2. The van der Waals surface area contributed by atoms with Crippen molar-refractivity contribution in [1.82, 2.24) is 4.57 Å². The number of benzene rings is 3. The first kappa shape index (κ1) is 22.5. The fourth-order valence-electron chi connectivity index (χ4n) is 3.41. The lowest BCUT2D eigenvalue weighted by Crippen LogP contribution is -2.11. The smallest absolute Gasteiger partial charge is 0.338 e. The predicted octanol–water partition coefficient (Wildman–Crippen LogP) is 4.47. The standard InChI is InChI=1S/C17H15NO3.C7H5F2NO/c1-11-16(17(20)21)14-9-13(19)7-8-15(14)18(11)10-12-5-3-2-4-6-12;8-5-1-4(7(10)11)2-6(9)3-5/h2-9,19H,10H2,1H3,(H,20,21);1-3H,(H2,10,11). The third-order valence-electron chi connectivity index (χ3n) is 4.85. The highest BCUT2D eigenvalue weighted by atomic mass is 19.1. The maximum atomic E-state index is 12.3. The zero-order valence-corrected chi connectivity index (χ0v) is 17.0. The second kappa shape index (κ2) is 9.30. The minimum atomic E-state index is -0.977. The number of fused-ring (bicyclic) bond motifs is 1. The molecule has 8 heteroatoms. The van der Waals surface area contributed by atoms with Crippen molar-refractivity contribution in [2.75, 3.05) is 0 Å². The van der Waals surface area contributed by atoms with Crippen LogP contribution in [0.4, 0.5) is 8.78 Å². The number of carboxylic acids is 1. The highest BCUT2D eigenvalue weighted by molar-refractivity contribution is 6.05. The number of nitrogens with two attached hydrogens (primary N) is 1. The van der Waals surface area contributed by atoms with Gasteiger partial charge >= 0.3 is 5.97 Å². The highest BCUT2D eigenvalue weighted by Crippen LogP contribution is 2.29. The molecule has 164 valence electrons. The van der Waals surface area contributed by atoms with E-state index in [-0.39, 0.29) is 16.9 Å². The summed E-state index contributed by atoms with van der Waals surface area (Å²) >= 11 is 0. The van der Waals surface area contributed by atoms with Crippen LogP contribution < -0.4 is 5.73 Å². The first-order valence-corrected chi connectivity index (χ1v) is 9.52. The van der Waals surface area contributed by atoms with Crippen molar-refractivity contribution >= 4 is 22.8 Å². The number of phenolic OH excluding ortho intramolecular Hbond substituents is 1. The van der Waals surface area contributed by atoms with Gasteiger partial charge in [-0.1, -0.05) is 30.3 Å². The summed E-state index contributed by atoms with van der Waals surface area (Å²) in [7, 11) is 0. The fraction of sp³-hybridized carbons (Fsp3) is 0.0833. The SMILES string of the molecule is Cc1c(C(=O)O)c2cc(O)ccc2n1Cc1ccccc1.NC(=O)c1cc(F)cc(F)c1. The predicted molar refractivity (Wildman–Crippen MR) is 116 cm³/mol. The Bertz CT molecular complexity index is 1280. The lowest BCUT2D eigenvalue weighted by atomic mass is 10.1. The van der Waals surface area contributed by atoms with Gasteiger partial charge in [0.2, 0.25) is 5.91 Å². The van der Waals surface area contributed by atoms with Crippen molar-refractivity contribution in [3.8, 4) is 5.75 Å². The number of rotatable bonds is 4. The third kappa shape index (κ3) is 4.92. The molecule has 0 spiro atoms. The molecular formula is C24H20F2N2O4. The number of aromatic hydroxyl groups is 1. The van der Waals surface area contributed by atoms with E-state index in [1.54, 1.807) is 19.1 Å². The lowest BCUT2D eigenvalue weighted by Gasteiger charge is -2.08. The maximum absolute atomic E-state index is 12.3. The summed E-state index contributed by atoms with van der Waals surface area (Å²) in [5.74, 6) is -3.36. The van der Waals surface area contributed by atoms with E-state index < -0.39 is 23.5 Å². The first-order chi connectivity index (χ1) is 15.2. The number of phenols is 1. The molecule has 1 aromatic heterocycles. The summed E-state index contributed by atoms with van der Waals surface area (Å²) in [4.78, 5) is 21.9. The first-order valence-electron chi connectivity index (χ1n) is 9.52. The lowest BCUT2D eigenvalue weighted by molar-refractivity contribution is 0.0697. The van der Waals surface area contributed by atoms with Crippen LogP contribution in [0, 0.1) is 18.6 Å². The van der Waals surface area contributed by atoms with Crippen LogP contribution >= 0.6 is 0 Å². The van der Waals surface area contributed by atoms with Crippen molar-refractivity contribution in [2.45, 2.75) is 13.5 Å². The third-order valence-corrected chi connectivity index (χ3v) is 4.85. The Kier molecular flexibility index (Phi) is 6.53. The van der Waals surface area contributed by atoms with Crippen LogP contribution in [0.1, 0.15) is 32.0 Å². The Morgan fingerprint density at radius 2 is 1.59 bits per heavy atom. The van der Waals surface area contributed by atoms with E-state index in [4.69, 9.17) is 5.73 Å². The molecule has 4 aromatic rings. The summed E-state index contributed by atoms with van der Waals surface area (Å²) in [5, 5.41) is 19.6. The molecule has 0 radical (unpaired) electrons. The molecular weight excluding hydrogens is 418 g/mol. The molecule has 0 saturated carbocycles. The van der Waals surface area contributed by atoms with Crippen molar-refractivity contribution in [3.05, 3.63) is 101 Å². The van der Waals surface area contributed by atoms with Gasteiger partial charge in [0, 0.05) is 34.8 Å². The van der Waals surface area contributed by atoms with Crippen LogP contribution in [0.5, 0.6) is 5.75 Å². The minimum absolute atomic E-state index is 0.0712. The van der Waals surface area contributed by atoms with Gasteiger partial charge < -0.3 is 20.5 Å². The normalized spacial score (nSPS) is 10.5. The molecule has 6 nitrogen and oxygen atoms in total. The summed E-state index contributed by atoms with van der Waals surface area (Å²) in [6.07, 6.45) is 0. The number of halogens is 2. The molecule has 0 aliphatic rings. The second-order valence-corrected chi connectivity index (χ2v) is 7.06. The molecule has 4 N–H and O–H groups in total. The zero-order chi connectivity index (χ0) is 23.4. The van der Waals surface area contributed by atoms with Crippen LogP contribution in [0.3, 0.4) is 0 Å². The molecule has 0 aliphatic carbocycles. The maximum Gasteiger partial charge on any atom is 0.338 e. The van der Waals surface area contributed by atoms with Gasteiger partial charge in [-0.25, -0.2) is 13.6 Å². The van der Waals surface area contributed by atoms with Crippen LogP contribution in [0.25, 0.3) is 10.9 Å². The number of carbonyl (C=O) groups excluding carboxylic acids is 1. The Hall–Kier alpha value is -4.20. The Morgan fingerprint density at radius 3 is 2.16 bits per heavy atom. The van der Waals surface area contributed by atoms with E-state index in [2.05, 4.69) is 0 Å². The molecule has 0 unspecified atom stereocenters. The van der Waals surface area contributed by atoms with Gasteiger partial charge in [-0.15, -0.1) is 0 Å². The monoisotopic (exact) mass is 438 g/mol. The van der Waals surface area contributed by atoms with Crippen LogP contribution in [-0.4, -0.2) is 26.7 Å². The van der Waals surface area contributed by atoms with E-state index >= 15 is 0 Å². The van der Waals surface area contributed by atoms with Gasteiger partial charge in [-0.3, -0.25) is 4.79 Å². The molecule has 0 fully saturated rings. The molecule has 32 heavy (non-hydrogen) atoms. The van der Waals surface area contributed by atoms with Gasteiger partial charge in [0.25, 0.3) is 0 Å². The Morgan fingerprint density at radius 1 is 0.969 bits per heavy atom. The van der Waals surface area contributed by atoms with E-state index in [0.717, 1.165) is 23.2 Å². The van der Waals surface area contributed by atoms with Crippen molar-refractivity contribution in [1.29, 1.82) is 0 Å². The Balaban J connectivity index is 0.000000222. The minimum Gasteiger partial charge on any atom is -0.508 e. The topological polar surface area (TPSA) is 106 Å². The molecule has 1 amide bonds. The summed E-state index contributed by atoms with van der Waals surface area (Å²) in [5.41, 5.74) is 7.46. The Labute approximate surface area is 182 Å². The van der Waals surface area contributed by atoms with E-state index in [9.17, 15) is 28.6 Å².